The second-order valence-electron chi connectivity index (χ2n) is 5.49. The zero-order valence-electron chi connectivity index (χ0n) is 14.2. The number of hydrogen-bond donors (Lipinski definition) is 1. The van der Waals surface area contributed by atoms with Gasteiger partial charge in [-0.1, -0.05) is 0 Å². The molecule has 2 atom stereocenters. The highest BCUT2D eigenvalue weighted by molar-refractivity contribution is 14.0. The summed E-state index contributed by atoms with van der Waals surface area (Å²) in [4.78, 5) is 6.60. The van der Waals surface area contributed by atoms with Gasteiger partial charge in [-0.25, -0.2) is 0 Å². The van der Waals surface area contributed by atoms with Crippen LogP contribution in [0.2, 0.25) is 0 Å². The van der Waals surface area contributed by atoms with Gasteiger partial charge in [0, 0.05) is 40.4 Å². The van der Waals surface area contributed by atoms with E-state index in [0.717, 1.165) is 51.6 Å². The Morgan fingerprint density at radius 1 is 1.22 bits per heavy atom. The Balaban J connectivity index is 0.00000264. The van der Waals surface area contributed by atoms with Gasteiger partial charge < -0.3 is 29.2 Å². The molecule has 0 bridgehead atoms. The van der Waals surface area contributed by atoms with Crippen LogP contribution in [0.4, 0.5) is 0 Å². The van der Waals surface area contributed by atoms with Crippen LogP contribution >= 0.6 is 24.0 Å². The van der Waals surface area contributed by atoms with Crippen LogP contribution in [0.25, 0.3) is 0 Å². The largest absolute Gasteiger partial charge is 0.382 e. The third-order valence-electron chi connectivity index (χ3n) is 3.95. The number of guanidine groups is 1. The van der Waals surface area contributed by atoms with Crippen LogP contribution in [0, 0.1) is 0 Å². The van der Waals surface area contributed by atoms with Crippen molar-refractivity contribution in [1.29, 1.82) is 0 Å². The van der Waals surface area contributed by atoms with Crippen molar-refractivity contribution in [2.45, 2.75) is 25.0 Å². The number of ether oxygens (including phenoxy) is 4. The average molecular weight is 443 g/mol. The summed E-state index contributed by atoms with van der Waals surface area (Å²) < 4.78 is 22.0. The number of halogens is 1. The third kappa shape index (κ3) is 7.08. The van der Waals surface area contributed by atoms with E-state index in [2.05, 4.69) is 15.2 Å². The number of rotatable bonds is 7. The fourth-order valence-electron chi connectivity index (χ4n) is 2.80. The molecule has 2 aliphatic rings. The minimum atomic E-state index is 0. The smallest absolute Gasteiger partial charge is 0.193 e. The van der Waals surface area contributed by atoms with Crippen LogP contribution in [-0.2, 0) is 18.9 Å². The van der Waals surface area contributed by atoms with Gasteiger partial charge in [-0.15, -0.1) is 24.0 Å². The molecule has 1 N–H and O–H groups in total. The summed E-state index contributed by atoms with van der Waals surface area (Å²) >= 11 is 0. The predicted octanol–water partition coefficient (Wildman–Crippen LogP) is 0.723. The fourth-order valence-corrected chi connectivity index (χ4v) is 2.80. The van der Waals surface area contributed by atoms with Crippen molar-refractivity contribution in [1.82, 2.24) is 10.2 Å². The molecule has 0 amide bonds. The Labute approximate surface area is 156 Å². The average Bonchev–Trinajstić information content (AvgIpc) is 3.09. The molecule has 2 rings (SSSR count). The molecule has 23 heavy (non-hydrogen) atoms. The first-order chi connectivity index (χ1) is 10.8. The van der Waals surface area contributed by atoms with E-state index in [9.17, 15) is 0 Å². The van der Waals surface area contributed by atoms with Gasteiger partial charge in [0.25, 0.3) is 0 Å². The standard InChI is InChI=1S/C15H29N3O4.HI/c1-16-15(17-5-8-20-11-10-19-2)18-6-9-22-14(12-18)13-4-3-7-21-13;/h13-14H,3-12H2,1-2H3,(H,16,17);1H. The summed E-state index contributed by atoms with van der Waals surface area (Å²) in [7, 11) is 3.48. The Bertz CT molecular complexity index is 341. The second-order valence-corrected chi connectivity index (χ2v) is 5.49. The maximum Gasteiger partial charge on any atom is 0.193 e. The van der Waals surface area contributed by atoms with E-state index in [1.54, 1.807) is 7.11 Å². The lowest BCUT2D eigenvalue weighted by Gasteiger charge is -2.37. The topological polar surface area (TPSA) is 64.6 Å². The Kier molecular flexibility index (Phi) is 11.1. The molecule has 0 radical (unpaired) electrons. The fraction of sp³-hybridized carbons (Fsp3) is 0.933. The molecule has 0 aromatic heterocycles. The van der Waals surface area contributed by atoms with Crippen LogP contribution in [0.15, 0.2) is 4.99 Å². The predicted molar refractivity (Wildman–Crippen MR) is 99.8 cm³/mol. The van der Waals surface area contributed by atoms with Crippen molar-refractivity contribution in [3.63, 3.8) is 0 Å². The highest BCUT2D eigenvalue weighted by Crippen LogP contribution is 2.20. The van der Waals surface area contributed by atoms with Gasteiger partial charge in [0.15, 0.2) is 5.96 Å². The van der Waals surface area contributed by atoms with Gasteiger partial charge in [0.05, 0.1) is 32.5 Å². The Morgan fingerprint density at radius 3 is 2.74 bits per heavy atom. The maximum atomic E-state index is 5.87. The van der Waals surface area contributed by atoms with Gasteiger partial charge >= 0.3 is 0 Å². The van der Waals surface area contributed by atoms with Gasteiger partial charge in [0.1, 0.15) is 6.10 Å². The zero-order chi connectivity index (χ0) is 15.6. The molecule has 2 aliphatic heterocycles. The lowest BCUT2D eigenvalue weighted by Crippen LogP contribution is -2.53. The molecule has 0 saturated carbocycles. The van der Waals surface area contributed by atoms with E-state index in [4.69, 9.17) is 18.9 Å². The molecule has 8 heteroatoms. The second kappa shape index (κ2) is 12.2. The minimum absolute atomic E-state index is 0. The van der Waals surface area contributed by atoms with Crippen molar-refractivity contribution >= 4 is 29.9 Å². The Hall–Kier alpha value is -0.160. The minimum Gasteiger partial charge on any atom is -0.382 e. The van der Waals surface area contributed by atoms with E-state index < -0.39 is 0 Å². The summed E-state index contributed by atoms with van der Waals surface area (Å²) in [6.07, 6.45) is 2.61. The monoisotopic (exact) mass is 443 g/mol. The van der Waals surface area contributed by atoms with Crippen LogP contribution in [-0.4, -0.2) is 89.9 Å². The first kappa shape index (κ1) is 20.9. The van der Waals surface area contributed by atoms with Gasteiger partial charge in [-0.05, 0) is 12.8 Å². The third-order valence-corrected chi connectivity index (χ3v) is 3.95. The normalized spacial score (nSPS) is 25.3. The van der Waals surface area contributed by atoms with Crippen LogP contribution in [0.1, 0.15) is 12.8 Å². The number of nitrogens with zero attached hydrogens (tertiary/aromatic N) is 2. The molecular weight excluding hydrogens is 413 g/mol. The summed E-state index contributed by atoms with van der Waals surface area (Å²) in [6, 6.07) is 0. The van der Waals surface area contributed by atoms with Gasteiger partial charge in [0.2, 0.25) is 0 Å². The molecule has 0 aromatic rings. The first-order valence-electron chi connectivity index (χ1n) is 8.10. The highest BCUT2D eigenvalue weighted by atomic mass is 127. The highest BCUT2D eigenvalue weighted by Gasteiger charge is 2.32. The van der Waals surface area contributed by atoms with E-state index in [0.29, 0.717) is 19.8 Å². The summed E-state index contributed by atoms with van der Waals surface area (Å²) in [6.45, 7) is 5.88. The maximum absolute atomic E-state index is 5.87. The van der Waals surface area contributed by atoms with Crippen molar-refractivity contribution in [3.05, 3.63) is 0 Å². The molecule has 2 unspecified atom stereocenters. The van der Waals surface area contributed by atoms with Crippen LogP contribution < -0.4 is 5.32 Å². The molecule has 0 aliphatic carbocycles. The molecular formula is C15H30IN3O4. The summed E-state index contributed by atoms with van der Waals surface area (Å²) in [5.74, 6) is 0.904. The van der Waals surface area contributed by atoms with E-state index >= 15 is 0 Å². The van der Waals surface area contributed by atoms with E-state index in [1.165, 1.54) is 0 Å². The SMILES string of the molecule is CN=C(NCCOCCOC)N1CCOC(C2CCCO2)C1.I. The summed E-state index contributed by atoms with van der Waals surface area (Å²) in [5.41, 5.74) is 0. The number of hydrogen-bond acceptors (Lipinski definition) is 5. The van der Waals surface area contributed by atoms with Crippen molar-refractivity contribution < 1.29 is 18.9 Å². The van der Waals surface area contributed by atoms with Gasteiger partial charge in [-0.3, -0.25) is 4.99 Å². The van der Waals surface area contributed by atoms with Crippen molar-refractivity contribution in [3.8, 4) is 0 Å². The quantitative estimate of drug-likeness (QED) is 0.271. The number of aliphatic imine (C=N–C) groups is 1. The van der Waals surface area contributed by atoms with Crippen LogP contribution in [0.3, 0.4) is 0 Å². The molecule has 2 fully saturated rings. The molecule has 136 valence electrons. The van der Waals surface area contributed by atoms with E-state index in [1.807, 2.05) is 7.05 Å². The molecule has 0 aromatic carbocycles. The zero-order valence-corrected chi connectivity index (χ0v) is 16.5. The Morgan fingerprint density at radius 2 is 2.04 bits per heavy atom. The van der Waals surface area contributed by atoms with E-state index in [-0.39, 0.29) is 36.2 Å². The first-order valence-corrected chi connectivity index (χ1v) is 8.10. The lowest BCUT2D eigenvalue weighted by atomic mass is 10.1. The van der Waals surface area contributed by atoms with Crippen molar-refractivity contribution in [2.75, 3.05) is 66.8 Å². The molecule has 0 spiro atoms. The van der Waals surface area contributed by atoms with Crippen LogP contribution in [0.5, 0.6) is 0 Å². The number of morpholine rings is 1. The van der Waals surface area contributed by atoms with Gasteiger partial charge in [-0.2, -0.15) is 0 Å². The lowest BCUT2D eigenvalue weighted by molar-refractivity contribution is -0.0817. The molecule has 2 heterocycles. The van der Waals surface area contributed by atoms with Crippen molar-refractivity contribution in [2.24, 2.45) is 4.99 Å². The molecule has 7 nitrogen and oxygen atoms in total. The number of methoxy groups -OCH3 is 1. The molecule has 2 saturated heterocycles. The summed E-state index contributed by atoms with van der Waals surface area (Å²) in [5, 5.41) is 3.34. The number of nitrogens with one attached hydrogen (secondary N) is 1.